The van der Waals surface area contributed by atoms with E-state index in [0.29, 0.717) is 5.70 Å². The minimum absolute atomic E-state index is 0.538. The molecule has 0 radical (unpaired) electrons. The van der Waals surface area contributed by atoms with E-state index in [1.54, 1.807) is 12.4 Å². The Kier molecular flexibility index (Phi) is 4.93. The van der Waals surface area contributed by atoms with Gasteiger partial charge in [0.15, 0.2) is 0 Å². The van der Waals surface area contributed by atoms with Crippen molar-refractivity contribution in [3.63, 3.8) is 0 Å². The predicted molar refractivity (Wildman–Crippen MR) is 117 cm³/mol. The maximum Gasteiger partial charge on any atom is 0.125 e. The monoisotopic (exact) mass is 477 g/mol. The van der Waals surface area contributed by atoms with E-state index in [1.165, 1.54) is 0 Å². The molecule has 4 aromatic rings. The lowest BCUT2D eigenvalue weighted by molar-refractivity contribution is 1.19. The van der Waals surface area contributed by atoms with Crippen molar-refractivity contribution in [2.45, 2.75) is 0 Å². The molecule has 27 heavy (non-hydrogen) atoms. The minimum atomic E-state index is 0.538. The van der Waals surface area contributed by atoms with E-state index in [0.717, 1.165) is 36.5 Å². The Morgan fingerprint density at radius 1 is 1.04 bits per heavy atom. The second kappa shape index (κ2) is 7.51. The average molecular weight is 479 g/mol. The van der Waals surface area contributed by atoms with Crippen LogP contribution in [-0.2, 0) is 0 Å². The summed E-state index contributed by atoms with van der Waals surface area (Å²) in [6, 6.07) is 20.4. The number of nitrogens with zero attached hydrogens (tertiary/aromatic N) is 3. The van der Waals surface area contributed by atoms with E-state index in [2.05, 4.69) is 49.0 Å². The van der Waals surface area contributed by atoms with Gasteiger partial charge in [-0.3, -0.25) is 4.98 Å². The largest absolute Gasteiger partial charge is 0.308 e. The number of benzene rings is 2. The van der Waals surface area contributed by atoms with Crippen LogP contribution >= 0.6 is 31.9 Å². The van der Waals surface area contributed by atoms with Gasteiger partial charge >= 0.3 is 0 Å². The summed E-state index contributed by atoms with van der Waals surface area (Å²) in [5.41, 5.74) is 4.51. The summed E-state index contributed by atoms with van der Waals surface area (Å²) in [5, 5.41) is 10.9. The molecular weight excluding hydrogens is 466 g/mol. The van der Waals surface area contributed by atoms with Crippen LogP contribution in [-0.4, -0.2) is 9.55 Å². The van der Waals surface area contributed by atoms with E-state index in [4.69, 9.17) is 0 Å². The first-order valence-electron chi connectivity index (χ1n) is 8.24. The third-order valence-electron chi connectivity index (χ3n) is 4.31. The molecule has 0 spiro atoms. The topological polar surface area (TPSA) is 41.6 Å². The lowest BCUT2D eigenvalue weighted by Crippen LogP contribution is -1.94. The van der Waals surface area contributed by atoms with E-state index in [9.17, 15) is 5.26 Å². The molecular formula is C22H13Br2N3. The van der Waals surface area contributed by atoms with Crippen LogP contribution in [0.3, 0.4) is 0 Å². The predicted octanol–water partition coefficient (Wildman–Crippen LogP) is 6.75. The summed E-state index contributed by atoms with van der Waals surface area (Å²) < 4.78 is 3.92. The third kappa shape index (κ3) is 3.59. The highest BCUT2D eigenvalue weighted by Gasteiger charge is 2.09. The summed E-state index contributed by atoms with van der Waals surface area (Å²) in [5.74, 6) is 0. The highest BCUT2D eigenvalue weighted by atomic mass is 79.9. The number of pyridine rings is 1. The maximum atomic E-state index is 9.80. The molecule has 0 bridgehead atoms. The van der Waals surface area contributed by atoms with E-state index >= 15 is 0 Å². The van der Waals surface area contributed by atoms with E-state index in [-0.39, 0.29) is 0 Å². The van der Waals surface area contributed by atoms with Gasteiger partial charge in [-0.15, -0.1) is 0 Å². The van der Waals surface area contributed by atoms with Gasteiger partial charge in [-0.05, 0) is 59.7 Å². The van der Waals surface area contributed by atoms with Crippen LogP contribution in [0.25, 0.3) is 33.8 Å². The van der Waals surface area contributed by atoms with Gasteiger partial charge in [-0.1, -0.05) is 44.0 Å². The molecule has 2 aromatic carbocycles. The molecule has 0 atom stereocenters. The fraction of sp³-hybridized carbons (Fsp3) is 0. The smallest absolute Gasteiger partial charge is 0.125 e. The Hall–Kier alpha value is -2.68. The fourth-order valence-corrected chi connectivity index (χ4v) is 3.85. The summed E-state index contributed by atoms with van der Waals surface area (Å²) >= 11 is 7.01. The zero-order chi connectivity index (χ0) is 18.8. The van der Waals surface area contributed by atoms with Gasteiger partial charge in [0.25, 0.3) is 0 Å². The van der Waals surface area contributed by atoms with Crippen LogP contribution in [0.15, 0.2) is 82.1 Å². The zero-order valence-electron chi connectivity index (χ0n) is 14.1. The first-order chi connectivity index (χ1) is 13.2. The average Bonchev–Trinajstić information content (AvgIpc) is 3.09. The van der Waals surface area contributed by atoms with Crippen molar-refractivity contribution in [2.75, 3.05) is 0 Å². The Balaban J connectivity index is 1.86. The molecule has 0 saturated carbocycles. The molecule has 2 aromatic heterocycles. The van der Waals surface area contributed by atoms with Gasteiger partial charge in [-0.2, -0.15) is 5.26 Å². The molecule has 5 heteroatoms. The zero-order valence-corrected chi connectivity index (χ0v) is 17.3. The molecule has 0 fully saturated rings. The molecule has 3 nitrogen and oxygen atoms in total. The summed E-state index contributed by atoms with van der Waals surface area (Å²) in [6.45, 7) is 0. The quantitative estimate of drug-likeness (QED) is 0.305. The second-order valence-electron chi connectivity index (χ2n) is 6.00. The number of aromatic nitrogens is 2. The third-order valence-corrected chi connectivity index (χ3v) is 5.29. The highest BCUT2D eigenvalue weighted by Crippen LogP contribution is 2.29. The molecule has 130 valence electrons. The van der Waals surface area contributed by atoms with Crippen molar-refractivity contribution >= 4 is 54.5 Å². The molecule has 0 aliphatic heterocycles. The Labute approximate surface area is 173 Å². The van der Waals surface area contributed by atoms with Crippen LogP contribution in [0, 0.1) is 11.3 Å². The van der Waals surface area contributed by atoms with Gasteiger partial charge in [-0.25, -0.2) is 0 Å². The number of allylic oxidation sites excluding steroid dienone is 1. The van der Waals surface area contributed by atoms with Crippen molar-refractivity contribution < 1.29 is 0 Å². The number of hydrogen-bond donors (Lipinski definition) is 0. The van der Waals surface area contributed by atoms with Gasteiger partial charge < -0.3 is 4.57 Å². The number of fused-ring (bicyclic) bond motifs is 1. The fourth-order valence-electron chi connectivity index (χ4n) is 3.07. The van der Waals surface area contributed by atoms with Crippen molar-refractivity contribution in [3.05, 3.63) is 87.7 Å². The van der Waals surface area contributed by atoms with Crippen molar-refractivity contribution in [1.82, 2.24) is 9.55 Å². The number of hydrogen-bond acceptors (Lipinski definition) is 2. The summed E-state index contributed by atoms with van der Waals surface area (Å²) in [4.78, 5) is 4.25. The lowest BCUT2D eigenvalue weighted by Gasteiger charge is -2.08. The Bertz CT molecular complexity index is 1220. The van der Waals surface area contributed by atoms with Gasteiger partial charge in [0.2, 0.25) is 0 Å². The van der Waals surface area contributed by atoms with E-state index < -0.39 is 0 Å². The molecule has 0 N–H and O–H groups in total. The van der Waals surface area contributed by atoms with Crippen molar-refractivity contribution in [2.24, 2.45) is 0 Å². The van der Waals surface area contributed by atoms with Gasteiger partial charge in [0.05, 0.1) is 5.52 Å². The number of nitriles is 1. The van der Waals surface area contributed by atoms with Gasteiger partial charge in [0, 0.05) is 38.5 Å². The first-order valence-corrected chi connectivity index (χ1v) is 9.83. The molecule has 0 saturated heterocycles. The Morgan fingerprint density at radius 3 is 2.70 bits per heavy atom. The van der Waals surface area contributed by atoms with Crippen molar-refractivity contribution in [1.29, 1.82) is 5.26 Å². The summed E-state index contributed by atoms with van der Waals surface area (Å²) in [7, 11) is 0. The second-order valence-corrected chi connectivity index (χ2v) is 7.83. The normalized spacial score (nSPS) is 11.5. The van der Waals surface area contributed by atoms with Crippen LogP contribution in [0.2, 0.25) is 0 Å². The number of rotatable bonds is 3. The first kappa shape index (κ1) is 17.7. The highest BCUT2D eigenvalue weighted by molar-refractivity contribution is 9.10. The van der Waals surface area contributed by atoms with Crippen LogP contribution in [0.4, 0.5) is 0 Å². The Morgan fingerprint density at radius 2 is 1.89 bits per heavy atom. The molecule has 0 unspecified atom stereocenters. The molecule has 0 aliphatic rings. The molecule has 0 amide bonds. The van der Waals surface area contributed by atoms with Gasteiger partial charge in [0.1, 0.15) is 11.8 Å². The molecule has 0 aliphatic carbocycles. The van der Waals surface area contributed by atoms with Crippen LogP contribution in [0.5, 0.6) is 0 Å². The van der Waals surface area contributed by atoms with Crippen molar-refractivity contribution in [3.8, 4) is 17.2 Å². The van der Waals surface area contributed by atoms with Crippen LogP contribution < -0.4 is 0 Å². The molecule has 2 heterocycles. The maximum absolute atomic E-state index is 9.80. The van der Waals surface area contributed by atoms with E-state index in [1.807, 2.05) is 65.4 Å². The lowest BCUT2D eigenvalue weighted by atomic mass is 10.0. The number of halogens is 2. The standard InChI is InChI=1S/C22H13Br2N3/c23-18-3-1-2-15(10-18)21-6-8-26-14-17(21)12-20(13-25)27-9-7-16-11-19(24)4-5-22(16)27/h1-12,14H/b20-12-. The SMILES string of the molecule is N#C/C(=C/c1cnccc1-c1cccc(Br)c1)n1ccc2cc(Br)ccc21. The summed E-state index contributed by atoms with van der Waals surface area (Å²) in [6.07, 6.45) is 7.35. The van der Waals surface area contributed by atoms with Crippen LogP contribution in [0.1, 0.15) is 5.56 Å². The minimum Gasteiger partial charge on any atom is -0.308 e. The molecule has 4 rings (SSSR count).